The molecule has 0 atom stereocenters. The Morgan fingerprint density at radius 3 is 2.38 bits per heavy atom. The van der Waals surface area contributed by atoms with E-state index in [1.807, 2.05) is 0 Å². The lowest BCUT2D eigenvalue weighted by molar-refractivity contribution is -0.115. The molecule has 1 aromatic carbocycles. The summed E-state index contributed by atoms with van der Waals surface area (Å²) in [5.74, 6) is 10.0. The average molecular weight is 470 g/mol. The number of hydrazone groups is 1. The molecule has 12 nitrogen and oxygen atoms in total. The van der Waals surface area contributed by atoms with Gasteiger partial charge < -0.3 is 25.4 Å². The van der Waals surface area contributed by atoms with Gasteiger partial charge in [-0.2, -0.15) is 0 Å². The van der Waals surface area contributed by atoms with Gasteiger partial charge in [0.2, 0.25) is 5.96 Å². The van der Waals surface area contributed by atoms with Gasteiger partial charge in [-0.25, -0.2) is 5.84 Å². The van der Waals surface area contributed by atoms with E-state index in [0.717, 1.165) is 5.01 Å². The highest BCUT2D eigenvalue weighted by molar-refractivity contribution is 6.63. The third kappa shape index (κ3) is 6.83. The first-order valence-corrected chi connectivity index (χ1v) is 9.73. The van der Waals surface area contributed by atoms with E-state index in [4.69, 9.17) is 42.9 Å². The van der Waals surface area contributed by atoms with Crippen LogP contribution in [0.3, 0.4) is 0 Å². The Bertz CT molecular complexity index is 904. The molecule has 0 aliphatic carbocycles. The lowest BCUT2D eigenvalue weighted by Crippen LogP contribution is -2.51. The number of methoxy groups -OCH3 is 3. The molecule has 2 amide bonds. The SMILES string of the molecule is CCNC(=O)/C(=C(/Cl)C(=N)C(=O)N/C(=N/N)N(N)CCOC)c1ccc(OC)c(OC)c1. The molecule has 0 bridgehead atoms. The average Bonchev–Trinajstić information content (AvgIpc) is 2.80. The van der Waals surface area contributed by atoms with Crippen LogP contribution in [0.15, 0.2) is 28.3 Å². The Kier molecular flexibility index (Phi) is 11.0. The molecule has 0 radical (unpaired) electrons. The number of carbonyl (C=O) groups is 2. The van der Waals surface area contributed by atoms with Gasteiger partial charge in [-0.3, -0.25) is 25.3 Å². The summed E-state index contributed by atoms with van der Waals surface area (Å²) in [4.78, 5) is 25.3. The standard InChI is InChI=1S/C19H28ClN7O5/c1-5-24-17(28)14(11-6-7-12(31-3)13(10-11)32-4)15(20)16(21)18(29)25-19(26-22)27(23)8-9-30-2/h6-7,10,21H,5,8-9,22-23H2,1-4H3,(H,24,28)(H,25,26,29)/b15-14+,21-16?. The molecule has 0 saturated carbocycles. The van der Waals surface area contributed by atoms with Gasteiger partial charge in [0, 0.05) is 13.7 Å². The molecule has 176 valence electrons. The monoisotopic (exact) mass is 469 g/mol. The van der Waals surface area contributed by atoms with Crippen LogP contribution in [-0.4, -0.2) is 69.5 Å². The zero-order valence-corrected chi connectivity index (χ0v) is 19.1. The first-order valence-electron chi connectivity index (χ1n) is 9.35. The summed E-state index contributed by atoms with van der Waals surface area (Å²) in [6.45, 7) is 2.42. The van der Waals surface area contributed by atoms with Crippen LogP contribution >= 0.6 is 11.6 Å². The Hall–Kier alpha value is -3.35. The molecule has 0 heterocycles. The predicted molar refractivity (Wildman–Crippen MR) is 121 cm³/mol. The Labute approximate surface area is 191 Å². The third-order valence-corrected chi connectivity index (χ3v) is 4.44. The van der Waals surface area contributed by atoms with Crippen LogP contribution in [0.5, 0.6) is 11.5 Å². The number of hydrazine groups is 1. The van der Waals surface area contributed by atoms with E-state index >= 15 is 0 Å². The van der Waals surface area contributed by atoms with Crippen molar-refractivity contribution in [3.05, 3.63) is 28.8 Å². The van der Waals surface area contributed by atoms with Crippen molar-refractivity contribution in [1.82, 2.24) is 15.6 Å². The maximum absolute atomic E-state index is 12.7. The van der Waals surface area contributed by atoms with Crippen molar-refractivity contribution >= 4 is 40.7 Å². The summed E-state index contributed by atoms with van der Waals surface area (Å²) in [6, 6.07) is 4.64. The van der Waals surface area contributed by atoms with Crippen molar-refractivity contribution in [3.63, 3.8) is 0 Å². The Morgan fingerprint density at radius 2 is 1.84 bits per heavy atom. The molecule has 32 heavy (non-hydrogen) atoms. The fourth-order valence-corrected chi connectivity index (χ4v) is 2.74. The van der Waals surface area contributed by atoms with Gasteiger partial charge in [0.25, 0.3) is 11.8 Å². The number of halogens is 1. The highest BCUT2D eigenvalue weighted by Gasteiger charge is 2.25. The fraction of sp³-hybridized carbons (Fsp3) is 0.368. The van der Waals surface area contributed by atoms with Crippen LogP contribution in [0.4, 0.5) is 0 Å². The second-order valence-electron chi connectivity index (χ2n) is 6.09. The van der Waals surface area contributed by atoms with Crippen LogP contribution in [0.2, 0.25) is 0 Å². The maximum Gasteiger partial charge on any atom is 0.277 e. The van der Waals surface area contributed by atoms with Gasteiger partial charge in [-0.1, -0.05) is 17.7 Å². The summed E-state index contributed by atoms with van der Waals surface area (Å²) >= 11 is 6.34. The molecule has 1 aromatic rings. The van der Waals surface area contributed by atoms with Crippen molar-refractivity contribution in [3.8, 4) is 11.5 Å². The van der Waals surface area contributed by atoms with Crippen molar-refractivity contribution in [2.75, 3.05) is 41.0 Å². The number of benzene rings is 1. The number of carbonyl (C=O) groups excluding carboxylic acids is 2. The summed E-state index contributed by atoms with van der Waals surface area (Å²) in [7, 11) is 4.38. The highest BCUT2D eigenvalue weighted by Crippen LogP contribution is 2.32. The Morgan fingerprint density at radius 1 is 1.19 bits per heavy atom. The second kappa shape index (κ2) is 13.1. The van der Waals surface area contributed by atoms with Gasteiger partial charge in [0.05, 0.1) is 38.0 Å². The molecule has 0 aliphatic rings. The Balaban J connectivity index is 3.34. The summed E-state index contributed by atoms with van der Waals surface area (Å²) in [5, 5.41) is 17.1. The minimum absolute atomic E-state index is 0.107. The van der Waals surface area contributed by atoms with Crippen LogP contribution in [-0.2, 0) is 14.3 Å². The van der Waals surface area contributed by atoms with Gasteiger partial charge in [-0.05, 0) is 24.6 Å². The number of hydrogen-bond donors (Lipinski definition) is 5. The third-order valence-electron chi connectivity index (χ3n) is 4.06. The number of nitrogens with two attached hydrogens (primary N) is 2. The van der Waals surface area contributed by atoms with Gasteiger partial charge in [-0.15, -0.1) is 5.10 Å². The molecule has 1 rings (SSSR count). The second-order valence-corrected chi connectivity index (χ2v) is 6.46. The topological polar surface area (TPSA) is 177 Å². The number of guanidine groups is 1. The number of nitrogens with one attached hydrogen (secondary N) is 3. The summed E-state index contributed by atoms with van der Waals surface area (Å²) in [5.41, 5.74) is -0.502. The molecular formula is C19H28ClN7O5. The largest absolute Gasteiger partial charge is 0.493 e. The van der Waals surface area contributed by atoms with E-state index in [-0.39, 0.29) is 24.7 Å². The van der Waals surface area contributed by atoms with Crippen molar-refractivity contribution in [2.24, 2.45) is 16.8 Å². The van der Waals surface area contributed by atoms with Crippen LogP contribution in [0.25, 0.3) is 5.57 Å². The molecule has 0 unspecified atom stereocenters. The molecule has 7 N–H and O–H groups in total. The van der Waals surface area contributed by atoms with Crippen LogP contribution < -0.4 is 31.8 Å². The minimum atomic E-state index is -0.977. The number of amides is 2. The van der Waals surface area contributed by atoms with Gasteiger partial charge >= 0.3 is 0 Å². The van der Waals surface area contributed by atoms with E-state index in [1.54, 1.807) is 19.1 Å². The molecule has 0 aromatic heterocycles. The van der Waals surface area contributed by atoms with Crippen molar-refractivity contribution in [2.45, 2.75) is 6.92 Å². The van der Waals surface area contributed by atoms with Crippen LogP contribution in [0.1, 0.15) is 12.5 Å². The quantitative estimate of drug-likeness (QED) is 0.104. The first-order chi connectivity index (χ1) is 15.2. The molecule has 0 saturated heterocycles. The number of hydrogen-bond acceptors (Lipinski definition) is 9. The number of likely N-dealkylation sites (N-methyl/N-ethyl adjacent to an activating group) is 1. The van der Waals surface area contributed by atoms with Gasteiger partial charge in [0.1, 0.15) is 5.71 Å². The minimum Gasteiger partial charge on any atom is -0.493 e. The molecule has 0 aliphatic heterocycles. The lowest BCUT2D eigenvalue weighted by Gasteiger charge is -2.20. The van der Waals surface area contributed by atoms with E-state index in [1.165, 1.54) is 27.4 Å². The number of ether oxygens (including phenoxy) is 3. The molecule has 13 heteroatoms. The van der Waals surface area contributed by atoms with E-state index in [2.05, 4.69) is 15.7 Å². The number of nitrogens with zero attached hydrogens (tertiary/aromatic N) is 2. The maximum atomic E-state index is 12.7. The predicted octanol–water partition coefficient (Wildman–Crippen LogP) is -0.0224. The normalized spacial score (nSPS) is 11.9. The molecular weight excluding hydrogens is 442 g/mol. The zero-order chi connectivity index (χ0) is 24.3. The summed E-state index contributed by atoms with van der Waals surface area (Å²) < 4.78 is 15.4. The van der Waals surface area contributed by atoms with Crippen molar-refractivity contribution in [1.29, 1.82) is 5.41 Å². The van der Waals surface area contributed by atoms with E-state index in [9.17, 15) is 9.59 Å². The zero-order valence-electron chi connectivity index (χ0n) is 18.3. The van der Waals surface area contributed by atoms with E-state index < -0.39 is 22.6 Å². The van der Waals surface area contributed by atoms with Gasteiger partial charge in [0.15, 0.2) is 11.5 Å². The lowest BCUT2D eigenvalue weighted by atomic mass is 10.0. The number of rotatable bonds is 10. The van der Waals surface area contributed by atoms with Crippen LogP contribution in [0, 0.1) is 5.41 Å². The molecule has 0 spiro atoms. The molecule has 0 fully saturated rings. The fourth-order valence-electron chi connectivity index (χ4n) is 2.46. The van der Waals surface area contributed by atoms with Crippen molar-refractivity contribution < 1.29 is 23.8 Å². The highest BCUT2D eigenvalue weighted by atomic mass is 35.5. The van der Waals surface area contributed by atoms with E-state index in [0.29, 0.717) is 23.6 Å². The smallest absolute Gasteiger partial charge is 0.277 e. The summed E-state index contributed by atoms with van der Waals surface area (Å²) in [6.07, 6.45) is 0. The first kappa shape index (κ1) is 26.7.